The largest absolute Gasteiger partial charge is 0.398 e. The van der Waals surface area contributed by atoms with Gasteiger partial charge in [-0.05, 0) is 47.6 Å². The Morgan fingerprint density at radius 2 is 2.05 bits per heavy atom. The normalized spacial score (nSPS) is 18.2. The summed E-state index contributed by atoms with van der Waals surface area (Å²) in [7, 11) is 0. The summed E-state index contributed by atoms with van der Waals surface area (Å²) in [4.78, 5) is 0. The van der Waals surface area contributed by atoms with Crippen molar-refractivity contribution in [2.45, 2.75) is 24.8 Å². The van der Waals surface area contributed by atoms with Crippen molar-refractivity contribution in [3.63, 3.8) is 0 Å². The Morgan fingerprint density at radius 3 is 2.75 bits per heavy atom. The number of nitrogen functional groups attached to an aromatic ring is 1. The molecule has 104 valence electrons. The first-order chi connectivity index (χ1) is 9.69. The Balaban J connectivity index is 1.79. The van der Waals surface area contributed by atoms with E-state index < -0.39 is 0 Å². The van der Waals surface area contributed by atoms with Crippen LogP contribution in [0.3, 0.4) is 0 Å². The van der Waals surface area contributed by atoms with Crippen LogP contribution in [0.2, 0.25) is 5.02 Å². The molecule has 2 atom stereocenters. The van der Waals surface area contributed by atoms with Crippen molar-refractivity contribution in [1.29, 1.82) is 0 Å². The molecule has 0 heterocycles. The van der Waals surface area contributed by atoms with Crippen molar-refractivity contribution >= 4 is 17.3 Å². The molecule has 0 saturated heterocycles. The monoisotopic (exact) mass is 287 g/mol. The second-order valence-electron chi connectivity index (χ2n) is 5.33. The van der Waals surface area contributed by atoms with E-state index in [0.717, 1.165) is 18.4 Å². The van der Waals surface area contributed by atoms with Crippen LogP contribution in [0.1, 0.15) is 35.1 Å². The van der Waals surface area contributed by atoms with Gasteiger partial charge in [-0.2, -0.15) is 0 Å². The lowest BCUT2D eigenvalue weighted by molar-refractivity contribution is 0.436. The van der Waals surface area contributed by atoms with Gasteiger partial charge in [0.25, 0.3) is 0 Å². The molecular formula is C16H18ClN3. The average molecular weight is 288 g/mol. The van der Waals surface area contributed by atoms with Gasteiger partial charge < -0.3 is 5.73 Å². The van der Waals surface area contributed by atoms with Crippen molar-refractivity contribution in [2.75, 3.05) is 5.73 Å². The lowest BCUT2D eigenvalue weighted by Crippen LogP contribution is -2.32. The maximum atomic E-state index is 6.05. The molecule has 0 aromatic heterocycles. The summed E-state index contributed by atoms with van der Waals surface area (Å²) in [6, 6.07) is 14.2. The highest BCUT2D eigenvalue weighted by atomic mass is 35.5. The Labute approximate surface area is 123 Å². The van der Waals surface area contributed by atoms with Gasteiger partial charge in [-0.15, -0.1) is 0 Å². The smallest absolute Gasteiger partial charge is 0.0486 e. The van der Waals surface area contributed by atoms with Gasteiger partial charge in [-0.3, -0.25) is 11.3 Å². The Bertz CT molecular complexity index is 627. The van der Waals surface area contributed by atoms with Gasteiger partial charge in [0.15, 0.2) is 0 Å². The SMILES string of the molecule is NNC(CC1Cc2ccccc21)c1ccc(Cl)cc1N. The van der Waals surface area contributed by atoms with E-state index in [0.29, 0.717) is 16.6 Å². The molecule has 1 aliphatic rings. The third-order valence-corrected chi connectivity index (χ3v) is 4.34. The van der Waals surface area contributed by atoms with Crippen molar-refractivity contribution < 1.29 is 0 Å². The summed E-state index contributed by atoms with van der Waals surface area (Å²) in [6.45, 7) is 0. The van der Waals surface area contributed by atoms with Crippen molar-refractivity contribution in [3.8, 4) is 0 Å². The number of nitrogens with one attached hydrogen (secondary N) is 1. The van der Waals surface area contributed by atoms with Gasteiger partial charge >= 0.3 is 0 Å². The molecule has 0 bridgehead atoms. The minimum atomic E-state index is 0.0469. The number of nitrogens with two attached hydrogens (primary N) is 2. The third-order valence-electron chi connectivity index (χ3n) is 4.11. The van der Waals surface area contributed by atoms with Crippen LogP contribution < -0.4 is 17.0 Å². The highest BCUT2D eigenvalue weighted by Crippen LogP contribution is 2.41. The van der Waals surface area contributed by atoms with Crippen LogP contribution >= 0.6 is 11.6 Å². The number of hydrogen-bond acceptors (Lipinski definition) is 3. The second-order valence-corrected chi connectivity index (χ2v) is 5.76. The van der Waals surface area contributed by atoms with E-state index in [4.69, 9.17) is 23.2 Å². The molecule has 0 spiro atoms. The minimum Gasteiger partial charge on any atom is -0.398 e. The summed E-state index contributed by atoms with van der Waals surface area (Å²) >= 11 is 5.94. The Morgan fingerprint density at radius 1 is 1.25 bits per heavy atom. The van der Waals surface area contributed by atoms with Gasteiger partial charge in [0, 0.05) is 16.8 Å². The highest BCUT2D eigenvalue weighted by Gasteiger charge is 2.28. The fourth-order valence-corrected chi connectivity index (χ4v) is 3.19. The molecule has 2 aromatic carbocycles. The van der Waals surface area contributed by atoms with E-state index in [9.17, 15) is 0 Å². The van der Waals surface area contributed by atoms with Gasteiger partial charge in [0.05, 0.1) is 0 Å². The Kier molecular flexibility index (Phi) is 3.66. The van der Waals surface area contributed by atoms with E-state index in [1.54, 1.807) is 6.07 Å². The lowest BCUT2D eigenvalue weighted by Gasteiger charge is -2.33. The molecule has 0 saturated carbocycles. The molecular weight excluding hydrogens is 270 g/mol. The number of anilines is 1. The molecule has 4 heteroatoms. The first-order valence-electron chi connectivity index (χ1n) is 6.78. The van der Waals surface area contributed by atoms with Crippen LogP contribution in [-0.4, -0.2) is 0 Å². The topological polar surface area (TPSA) is 64.1 Å². The molecule has 2 unspecified atom stereocenters. The van der Waals surface area contributed by atoms with Crippen molar-refractivity contribution in [2.24, 2.45) is 5.84 Å². The summed E-state index contributed by atoms with van der Waals surface area (Å²) in [6.07, 6.45) is 2.06. The number of benzene rings is 2. The average Bonchev–Trinajstić information content (AvgIpc) is 2.41. The molecule has 1 aliphatic carbocycles. The quantitative estimate of drug-likeness (QED) is 0.460. The lowest BCUT2D eigenvalue weighted by atomic mass is 9.74. The van der Waals surface area contributed by atoms with E-state index in [1.807, 2.05) is 12.1 Å². The van der Waals surface area contributed by atoms with Crippen LogP contribution in [-0.2, 0) is 6.42 Å². The summed E-state index contributed by atoms with van der Waals surface area (Å²) in [5.41, 5.74) is 13.5. The zero-order valence-electron chi connectivity index (χ0n) is 11.1. The molecule has 5 N–H and O–H groups in total. The first kappa shape index (κ1) is 13.4. The second kappa shape index (κ2) is 5.44. The number of hydrazine groups is 1. The number of hydrogen-bond donors (Lipinski definition) is 3. The molecule has 0 aliphatic heterocycles. The molecule has 20 heavy (non-hydrogen) atoms. The van der Waals surface area contributed by atoms with Crippen molar-refractivity contribution in [3.05, 3.63) is 64.2 Å². The van der Waals surface area contributed by atoms with E-state index >= 15 is 0 Å². The summed E-state index contributed by atoms with van der Waals surface area (Å²) < 4.78 is 0. The van der Waals surface area contributed by atoms with Crippen LogP contribution in [0.4, 0.5) is 5.69 Å². The zero-order chi connectivity index (χ0) is 14.1. The van der Waals surface area contributed by atoms with Crippen LogP contribution in [0.25, 0.3) is 0 Å². The predicted octanol–water partition coefficient (Wildman–Crippen LogP) is 3.16. The van der Waals surface area contributed by atoms with E-state index in [-0.39, 0.29) is 6.04 Å². The highest BCUT2D eigenvalue weighted by molar-refractivity contribution is 6.30. The fourth-order valence-electron chi connectivity index (χ4n) is 3.01. The molecule has 3 nitrogen and oxygen atoms in total. The fraction of sp³-hybridized carbons (Fsp3) is 0.250. The van der Waals surface area contributed by atoms with Gasteiger partial charge in [-0.1, -0.05) is 41.9 Å². The van der Waals surface area contributed by atoms with Crippen LogP contribution in [0.15, 0.2) is 42.5 Å². The van der Waals surface area contributed by atoms with Crippen LogP contribution in [0.5, 0.6) is 0 Å². The van der Waals surface area contributed by atoms with E-state index in [1.165, 1.54) is 11.1 Å². The van der Waals surface area contributed by atoms with E-state index in [2.05, 4.69) is 29.7 Å². The van der Waals surface area contributed by atoms with Gasteiger partial charge in [-0.25, -0.2) is 0 Å². The zero-order valence-corrected chi connectivity index (χ0v) is 11.9. The van der Waals surface area contributed by atoms with Crippen molar-refractivity contribution in [1.82, 2.24) is 5.43 Å². The van der Waals surface area contributed by atoms with Gasteiger partial charge in [0.1, 0.15) is 0 Å². The number of fused-ring (bicyclic) bond motifs is 1. The maximum absolute atomic E-state index is 6.05. The third kappa shape index (κ3) is 2.40. The summed E-state index contributed by atoms with van der Waals surface area (Å²) in [5, 5.41) is 0.649. The molecule has 0 amide bonds. The summed E-state index contributed by atoms with van der Waals surface area (Å²) in [5.74, 6) is 6.26. The molecule has 0 radical (unpaired) electrons. The first-order valence-corrected chi connectivity index (χ1v) is 7.15. The number of halogens is 1. The molecule has 2 aromatic rings. The van der Waals surface area contributed by atoms with Gasteiger partial charge in [0.2, 0.25) is 0 Å². The molecule has 3 rings (SSSR count). The minimum absolute atomic E-state index is 0.0469. The maximum Gasteiger partial charge on any atom is 0.0486 e. The standard InChI is InChI=1S/C16H18ClN3/c17-12-5-6-14(15(18)9-12)16(20-19)8-11-7-10-3-1-2-4-13(10)11/h1-6,9,11,16,20H,7-8,18-19H2. The molecule has 0 fully saturated rings. The number of rotatable bonds is 4. The van der Waals surface area contributed by atoms with Crippen LogP contribution in [0, 0.1) is 0 Å². The Hall–Kier alpha value is -1.55. The predicted molar refractivity (Wildman–Crippen MR) is 83.4 cm³/mol.